The van der Waals surface area contributed by atoms with Crippen molar-refractivity contribution in [2.75, 3.05) is 25.5 Å². The van der Waals surface area contributed by atoms with E-state index in [0.717, 1.165) is 0 Å². The van der Waals surface area contributed by atoms with Crippen LogP contribution in [0.4, 0.5) is 10.1 Å². The van der Waals surface area contributed by atoms with Crippen LogP contribution in [0.5, 0.6) is 0 Å². The van der Waals surface area contributed by atoms with E-state index in [4.69, 9.17) is 11.6 Å². The zero-order valence-electron chi connectivity index (χ0n) is 16.5. The van der Waals surface area contributed by atoms with Crippen LogP contribution in [0.15, 0.2) is 48.8 Å². The monoisotopic (exact) mass is 440 g/mol. The van der Waals surface area contributed by atoms with Crippen molar-refractivity contribution in [3.8, 4) is 0 Å². The molecule has 3 aromatic rings. The average molecular weight is 441 g/mol. The third-order valence-corrected chi connectivity index (χ3v) is 5.45. The third-order valence-electron chi connectivity index (χ3n) is 5.22. The number of benzene rings is 2. The molecule has 0 saturated heterocycles. The standard InChI is InChI=1S/C22H18ClFN4O3/c1-25-20(29)11-28-10-18(17-7-13(23)2-4-16(17)22(28)31)21(30)27-19-9-26-8-12-6-14(24)3-5-15(12)19/h2-9,18H,10-11H2,1H3,(H,25,29)(H,27,30). The van der Waals surface area contributed by atoms with Crippen molar-refractivity contribution in [3.05, 3.63) is 70.8 Å². The molecule has 1 aliphatic rings. The smallest absolute Gasteiger partial charge is 0.254 e. The summed E-state index contributed by atoms with van der Waals surface area (Å²) in [4.78, 5) is 43.4. The topological polar surface area (TPSA) is 91.4 Å². The summed E-state index contributed by atoms with van der Waals surface area (Å²) in [6.45, 7) is -0.158. The van der Waals surface area contributed by atoms with E-state index in [9.17, 15) is 18.8 Å². The van der Waals surface area contributed by atoms with Gasteiger partial charge in [-0.25, -0.2) is 4.39 Å². The first kappa shape index (κ1) is 20.7. The highest BCUT2D eigenvalue weighted by molar-refractivity contribution is 6.30. The highest BCUT2D eigenvalue weighted by Crippen LogP contribution is 2.32. The third kappa shape index (κ3) is 4.06. The predicted molar refractivity (Wildman–Crippen MR) is 114 cm³/mol. The van der Waals surface area contributed by atoms with Crippen molar-refractivity contribution in [1.82, 2.24) is 15.2 Å². The van der Waals surface area contributed by atoms with Gasteiger partial charge in [-0.3, -0.25) is 19.4 Å². The Morgan fingerprint density at radius 2 is 2.03 bits per heavy atom. The molecule has 1 unspecified atom stereocenters. The van der Waals surface area contributed by atoms with Crippen LogP contribution in [0.1, 0.15) is 21.8 Å². The molecule has 0 saturated carbocycles. The zero-order valence-corrected chi connectivity index (χ0v) is 17.2. The van der Waals surface area contributed by atoms with Crippen LogP contribution >= 0.6 is 11.6 Å². The van der Waals surface area contributed by atoms with Gasteiger partial charge in [-0.2, -0.15) is 0 Å². The Labute approximate surface area is 182 Å². The summed E-state index contributed by atoms with van der Waals surface area (Å²) >= 11 is 6.12. The largest absolute Gasteiger partial charge is 0.358 e. The van der Waals surface area contributed by atoms with Crippen LogP contribution in [0.3, 0.4) is 0 Å². The number of hydrogen-bond acceptors (Lipinski definition) is 4. The molecule has 1 atom stereocenters. The highest BCUT2D eigenvalue weighted by atomic mass is 35.5. The molecule has 2 aromatic carbocycles. The molecule has 0 aliphatic carbocycles. The molecule has 1 aromatic heterocycles. The molecule has 158 valence electrons. The molecule has 7 nitrogen and oxygen atoms in total. The first-order chi connectivity index (χ1) is 14.9. The van der Waals surface area contributed by atoms with Gasteiger partial charge in [-0.1, -0.05) is 11.6 Å². The quantitative estimate of drug-likeness (QED) is 0.652. The van der Waals surface area contributed by atoms with Gasteiger partial charge in [-0.05, 0) is 42.0 Å². The van der Waals surface area contributed by atoms with Crippen molar-refractivity contribution in [1.29, 1.82) is 0 Å². The van der Waals surface area contributed by atoms with Crippen LogP contribution in [-0.2, 0) is 9.59 Å². The van der Waals surface area contributed by atoms with Crippen LogP contribution in [0, 0.1) is 5.82 Å². The number of pyridine rings is 1. The fourth-order valence-corrected chi connectivity index (χ4v) is 3.85. The second-order valence-corrected chi connectivity index (χ2v) is 7.62. The number of amides is 3. The van der Waals surface area contributed by atoms with Crippen LogP contribution in [0.25, 0.3) is 10.8 Å². The molecule has 31 heavy (non-hydrogen) atoms. The van der Waals surface area contributed by atoms with Gasteiger partial charge in [0.25, 0.3) is 5.91 Å². The Hall–Kier alpha value is -3.52. The second kappa shape index (κ2) is 8.31. The molecule has 9 heteroatoms. The molecule has 1 aliphatic heterocycles. The number of carbonyl (C=O) groups is 3. The number of likely N-dealkylation sites (N-methyl/N-ethyl adjacent to an activating group) is 1. The summed E-state index contributed by atoms with van der Waals surface area (Å²) in [5.74, 6) is -2.24. The molecular weight excluding hydrogens is 423 g/mol. The Bertz CT molecular complexity index is 1220. The first-order valence-electron chi connectivity index (χ1n) is 9.51. The van der Waals surface area contributed by atoms with E-state index in [2.05, 4.69) is 15.6 Å². The molecule has 2 heterocycles. The van der Waals surface area contributed by atoms with Gasteiger partial charge in [0.2, 0.25) is 11.8 Å². The lowest BCUT2D eigenvalue weighted by atomic mass is 9.88. The minimum absolute atomic E-state index is 0.0122. The number of fused-ring (bicyclic) bond motifs is 2. The van der Waals surface area contributed by atoms with Gasteiger partial charge in [0.1, 0.15) is 5.82 Å². The van der Waals surface area contributed by atoms with E-state index >= 15 is 0 Å². The molecule has 4 rings (SSSR count). The second-order valence-electron chi connectivity index (χ2n) is 7.18. The van der Waals surface area contributed by atoms with Crippen molar-refractivity contribution >= 4 is 45.8 Å². The maximum absolute atomic E-state index is 13.5. The Morgan fingerprint density at radius 3 is 2.81 bits per heavy atom. The number of aromatic nitrogens is 1. The van der Waals surface area contributed by atoms with Crippen LogP contribution in [0.2, 0.25) is 5.02 Å². The van der Waals surface area contributed by atoms with Gasteiger partial charge >= 0.3 is 0 Å². The molecule has 0 radical (unpaired) electrons. The fourth-order valence-electron chi connectivity index (χ4n) is 3.67. The number of nitrogens with one attached hydrogen (secondary N) is 2. The van der Waals surface area contributed by atoms with Crippen LogP contribution < -0.4 is 10.6 Å². The average Bonchev–Trinajstić information content (AvgIpc) is 2.75. The molecular formula is C22H18ClFN4O3. The van der Waals surface area contributed by atoms with E-state index in [0.29, 0.717) is 32.6 Å². The summed E-state index contributed by atoms with van der Waals surface area (Å²) in [5, 5.41) is 6.88. The molecule has 2 N–H and O–H groups in total. The van der Waals surface area contributed by atoms with E-state index in [1.165, 1.54) is 36.5 Å². The van der Waals surface area contributed by atoms with Gasteiger partial charge in [0, 0.05) is 41.1 Å². The first-order valence-corrected chi connectivity index (χ1v) is 9.88. The highest BCUT2D eigenvalue weighted by Gasteiger charge is 2.36. The number of anilines is 1. The normalized spacial score (nSPS) is 15.5. The Morgan fingerprint density at radius 1 is 1.23 bits per heavy atom. The predicted octanol–water partition coefficient (Wildman–Crippen LogP) is 2.95. The van der Waals surface area contributed by atoms with Crippen molar-refractivity contribution in [2.24, 2.45) is 0 Å². The van der Waals surface area contributed by atoms with Crippen molar-refractivity contribution < 1.29 is 18.8 Å². The summed E-state index contributed by atoms with van der Waals surface area (Å²) in [7, 11) is 1.48. The van der Waals surface area contributed by atoms with E-state index < -0.39 is 17.6 Å². The molecule has 0 fully saturated rings. The maximum Gasteiger partial charge on any atom is 0.254 e. The molecule has 0 spiro atoms. The maximum atomic E-state index is 13.5. The SMILES string of the molecule is CNC(=O)CN1CC(C(=O)Nc2cncc3cc(F)ccc23)c2cc(Cl)ccc2C1=O. The number of nitrogens with zero attached hydrogens (tertiary/aromatic N) is 2. The summed E-state index contributed by atoms with van der Waals surface area (Å²) in [6.07, 6.45) is 2.99. The lowest BCUT2D eigenvalue weighted by Crippen LogP contribution is -2.47. The van der Waals surface area contributed by atoms with E-state index in [-0.39, 0.29) is 24.9 Å². The molecule has 3 amide bonds. The zero-order chi connectivity index (χ0) is 22.1. The van der Waals surface area contributed by atoms with Gasteiger partial charge in [0.15, 0.2) is 0 Å². The van der Waals surface area contributed by atoms with Crippen molar-refractivity contribution in [3.63, 3.8) is 0 Å². The van der Waals surface area contributed by atoms with E-state index in [1.807, 2.05) is 0 Å². The summed E-state index contributed by atoms with van der Waals surface area (Å²) in [6, 6.07) is 8.91. The number of halogens is 2. The van der Waals surface area contributed by atoms with Gasteiger partial charge < -0.3 is 15.5 Å². The summed E-state index contributed by atoms with van der Waals surface area (Å²) < 4.78 is 13.5. The Balaban J connectivity index is 1.70. The summed E-state index contributed by atoms with van der Waals surface area (Å²) in [5.41, 5.74) is 1.22. The van der Waals surface area contributed by atoms with E-state index in [1.54, 1.807) is 24.3 Å². The van der Waals surface area contributed by atoms with Gasteiger partial charge in [0.05, 0.1) is 24.3 Å². The van der Waals surface area contributed by atoms with Crippen molar-refractivity contribution in [2.45, 2.75) is 5.92 Å². The minimum Gasteiger partial charge on any atom is -0.358 e. The Kier molecular flexibility index (Phi) is 5.56. The van der Waals surface area contributed by atoms with Crippen LogP contribution in [-0.4, -0.2) is 47.7 Å². The van der Waals surface area contributed by atoms with Gasteiger partial charge in [-0.15, -0.1) is 0 Å². The fraction of sp³-hybridized carbons (Fsp3) is 0.182. The number of carbonyl (C=O) groups excluding carboxylic acids is 3. The minimum atomic E-state index is -0.758. The molecule has 0 bridgehead atoms. The lowest BCUT2D eigenvalue weighted by Gasteiger charge is -2.33. The lowest BCUT2D eigenvalue weighted by molar-refractivity contribution is -0.122. The number of rotatable bonds is 4. The number of hydrogen-bond donors (Lipinski definition) is 2.